The van der Waals surface area contributed by atoms with Crippen molar-refractivity contribution in [1.82, 2.24) is 0 Å². The van der Waals surface area contributed by atoms with Crippen molar-refractivity contribution in [2.24, 2.45) is 47.3 Å². The zero-order chi connectivity index (χ0) is 19.4. The average molecular weight is 375 g/mol. The molecule has 156 valence electrons. The largest absolute Gasteiger partial charge is 0.300 e. The van der Waals surface area contributed by atoms with Gasteiger partial charge in [0.2, 0.25) is 0 Å². The Bertz CT molecular complexity index is 461. The Balaban J connectivity index is 1.59. The summed E-state index contributed by atoms with van der Waals surface area (Å²) < 4.78 is 0. The highest BCUT2D eigenvalue weighted by Gasteiger charge is 2.46. The molecule has 3 rings (SSSR count). The Hall–Kier alpha value is -0.330. The molecule has 0 amide bonds. The molecule has 3 aliphatic carbocycles. The second kappa shape index (κ2) is 9.93. The Kier molecular flexibility index (Phi) is 7.86. The molecule has 0 aliphatic heterocycles. The van der Waals surface area contributed by atoms with Gasteiger partial charge in [-0.15, -0.1) is 0 Å². The van der Waals surface area contributed by atoms with Crippen LogP contribution in [0.5, 0.6) is 0 Å². The van der Waals surface area contributed by atoms with Crippen molar-refractivity contribution in [3.8, 4) is 0 Å². The van der Waals surface area contributed by atoms with Gasteiger partial charge in [0.25, 0.3) is 0 Å². The molecule has 3 saturated carbocycles. The van der Waals surface area contributed by atoms with Gasteiger partial charge in [-0.05, 0) is 106 Å². The number of carbonyl (C=O) groups is 1. The number of fused-ring (bicyclic) bond motifs is 1. The third kappa shape index (κ3) is 5.60. The lowest BCUT2D eigenvalue weighted by atomic mass is 9.60. The van der Waals surface area contributed by atoms with Crippen molar-refractivity contribution in [2.45, 2.75) is 111 Å². The summed E-state index contributed by atoms with van der Waals surface area (Å²) in [6, 6.07) is 0. The van der Waals surface area contributed by atoms with Crippen molar-refractivity contribution in [1.29, 1.82) is 0 Å². The normalized spacial score (nSPS) is 40.5. The van der Waals surface area contributed by atoms with Crippen molar-refractivity contribution >= 4 is 5.78 Å². The van der Waals surface area contributed by atoms with Crippen molar-refractivity contribution in [2.75, 3.05) is 0 Å². The molecule has 0 aromatic heterocycles. The van der Waals surface area contributed by atoms with E-state index in [1.54, 1.807) is 6.92 Å². The van der Waals surface area contributed by atoms with E-state index in [4.69, 9.17) is 0 Å². The molecule has 3 fully saturated rings. The molecule has 0 spiro atoms. The summed E-state index contributed by atoms with van der Waals surface area (Å²) in [5.74, 6) is 8.05. The van der Waals surface area contributed by atoms with Crippen LogP contribution in [0.4, 0.5) is 0 Å². The van der Waals surface area contributed by atoms with Crippen LogP contribution in [-0.4, -0.2) is 5.78 Å². The van der Waals surface area contributed by atoms with Gasteiger partial charge >= 0.3 is 0 Å². The summed E-state index contributed by atoms with van der Waals surface area (Å²) in [4.78, 5) is 11.5. The van der Waals surface area contributed by atoms with Gasteiger partial charge < -0.3 is 4.79 Å². The molecule has 0 saturated heterocycles. The fourth-order valence-corrected chi connectivity index (χ4v) is 7.49. The number of Topliss-reactive ketones (excluding diaryl/α,β-unsaturated/α-hetero) is 1. The molecule has 0 bridgehead atoms. The highest BCUT2D eigenvalue weighted by atomic mass is 16.1. The topological polar surface area (TPSA) is 17.1 Å². The Morgan fingerprint density at radius 1 is 0.926 bits per heavy atom. The average Bonchev–Trinajstić information content (AvgIpc) is 3.01. The molecule has 1 heteroatoms. The number of hydrogen-bond acceptors (Lipinski definition) is 1. The number of carbonyl (C=O) groups excluding carboxylic acids is 1. The zero-order valence-electron chi connectivity index (χ0n) is 18.7. The van der Waals surface area contributed by atoms with Gasteiger partial charge in [0, 0.05) is 6.42 Å². The first-order valence-corrected chi connectivity index (χ1v) is 12.5. The van der Waals surface area contributed by atoms with Crippen molar-refractivity contribution < 1.29 is 4.79 Å². The van der Waals surface area contributed by atoms with E-state index >= 15 is 0 Å². The number of rotatable bonds is 8. The maximum absolute atomic E-state index is 11.5. The number of unbranched alkanes of at least 4 members (excludes halogenated alkanes) is 2. The molecular weight excluding hydrogens is 328 g/mol. The summed E-state index contributed by atoms with van der Waals surface area (Å²) in [6.45, 7) is 9.21. The lowest BCUT2D eigenvalue weighted by Gasteiger charge is -2.46. The highest BCUT2D eigenvalue weighted by molar-refractivity contribution is 5.75. The Morgan fingerprint density at radius 3 is 2.33 bits per heavy atom. The minimum Gasteiger partial charge on any atom is -0.300 e. The van der Waals surface area contributed by atoms with Crippen LogP contribution in [0.2, 0.25) is 0 Å². The van der Waals surface area contributed by atoms with Crippen LogP contribution < -0.4 is 0 Å². The van der Waals surface area contributed by atoms with Gasteiger partial charge in [0.05, 0.1) is 0 Å². The van der Waals surface area contributed by atoms with Gasteiger partial charge in [-0.25, -0.2) is 0 Å². The third-order valence-electron chi connectivity index (χ3n) is 8.84. The summed E-state index contributed by atoms with van der Waals surface area (Å²) in [5.41, 5.74) is 0. The predicted molar refractivity (Wildman–Crippen MR) is 116 cm³/mol. The first-order valence-electron chi connectivity index (χ1n) is 12.5. The quantitative estimate of drug-likeness (QED) is 0.398. The van der Waals surface area contributed by atoms with E-state index in [1.165, 1.54) is 77.0 Å². The van der Waals surface area contributed by atoms with Crippen LogP contribution in [0.3, 0.4) is 0 Å². The van der Waals surface area contributed by atoms with Crippen LogP contribution in [-0.2, 0) is 4.79 Å². The van der Waals surface area contributed by atoms with Crippen LogP contribution in [0.25, 0.3) is 0 Å². The fraction of sp³-hybridized carbons (Fsp3) is 0.962. The Morgan fingerprint density at radius 2 is 1.67 bits per heavy atom. The van der Waals surface area contributed by atoms with E-state index in [-0.39, 0.29) is 0 Å². The van der Waals surface area contributed by atoms with Crippen LogP contribution in [0.15, 0.2) is 0 Å². The molecule has 0 aromatic carbocycles. The second-order valence-electron chi connectivity index (χ2n) is 11.1. The molecule has 27 heavy (non-hydrogen) atoms. The van der Waals surface area contributed by atoms with Gasteiger partial charge in [-0.3, -0.25) is 0 Å². The van der Waals surface area contributed by atoms with Crippen molar-refractivity contribution in [3.05, 3.63) is 0 Å². The minimum absolute atomic E-state index is 0.403. The zero-order valence-corrected chi connectivity index (χ0v) is 18.7. The van der Waals surface area contributed by atoms with Crippen LogP contribution >= 0.6 is 0 Å². The summed E-state index contributed by atoms with van der Waals surface area (Å²) in [6.07, 6.45) is 18.1. The van der Waals surface area contributed by atoms with E-state index in [0.717, 1.165) is 47.8 Å². The summed E-state index contributed by atoms with van der Waals surface area (Å²) >= 11 is 0. The molecule has 0 N–H and O–H groups in total. The fourth-order valence-electron chi connectivity index (χ4n) is 7.49. The van der Waals surface area contributed by atoms with Gasteiger partial charge in [-0.1, -0.05) is 46.5 Å². The first-order chi connectivity index (χ1) is 13.0. The van der Waals surface area contributed by atoms with E-state index in [1.807, 2.05) is 0 Å². The van der Waals surface area contributed by atoms with E-state index in [9.17, 15) is 4.79 Å². The first kappa shape index (κ1) is 21.4. The molecule has 1 nitrogen and oxygen atoms in total. The Labute approximate surface area is 169 Å². The lowest BCUT2D eigenvalue weighted by Crippen LogP contribution is -2.37. The van der Waals surface area contributed by atoms with Crippen molar-refractivity contribution in [3.63, 3.8) is 0 Å². The minimum atomic E-state index is 0.403. The van der Waals surface area contributed by atoms with Crippen LogP contribution in [0.1, 0.15) is 111 Å². The molecule has 0 radical (unpaired) electrons. The third-order valence-corrected chi connectivity index (χ3v) is 8.84. The monoisotopic (exact) mass is 374 g/mol. The SMILES string of the molecule is CCCCC[C@H](C)C1CC(C2CCC(CC(C)=O)CC2)C[C@H]2C[C@@H](C)CC12. The van der Waals surface area contributed by atoms with Gasteiger partial charge in [-0.2, -0.15) is 0 Å². The maximum Gasteiger partial charge on any atom is 0.130 e. The number of hydrogen-bond donors (Lipinski definition) is 0. The van der Waals surface area contributed by atoms with E-state index in [0.29, 0.717) is 11.7 Å². The summed E-state index contributed by atoms with van der Waals surface area (Å²) in [5, 5.41) is 0. The number of ketones is 1. The van der Waals surface area contributed by atoms with Gasteiger partial charge in [0.1, 0.15) is 5.78 Å². The standard InChI is InChI=1S/C26H46O/c1-5-6-7-8-19(3)25-17-23(16-24-13-18(2)14-26(24)25)22-11-9-21(10-12-22)15-20(4)27/h18-19,21-26H,5-17H2,1-4H3/t18-,19+,21?,22?,23?,24-,25?,26?/m1/s1. The molecule has 0 heterocycles. The second-order valence-corrected chi connectivity index (χ2v) is 11.1. The van der Waals surface area contributed by atoms with Gasteiger partial charge in [0.15, 0.2) is 0 Å². The molecular formula is C26H46O. The van der Waals surface area contributed by atoms with Crippen LogP contribution in [0, 0.1) is 47.3 Å². The molecule has 3 aliphatic rings. The van der Waals surface area contributed by atoms with E-state index in [2.05, 4.69) is 20.8 Å². The summed E-state index contributed by atoms with van der Waals surface area (Å²) in [7, 11) is 0. The smallest absolute Gasteiger partial charge is 0.130 e. The maximum atomic E-state index is 11.5. The van der Waals surface area contributed by atoms with E-state index < -0.39 is 0 Å². The lowest BCUT2D eigenvalue weighted by molar-refractivity contribution is -0.118. The highest BCUT2D eigenvalue weighted by Crippen LogP contribution is 2.55. The predicted octanol–water partition coefficient (Wildman–Crippen LogP) is 7.68. The molecule has 3 unspecified atom stereocenters. The molecule has 0 aromatic rings. The molecule has 6 atom stereocenters.